The SMILES string of the molecule is C[C@H]1CCCN(Cc2c(O)ccc3c(=O)c(Oc4ccccc4Br)coc23)C1. The second kappa shape index (κ2) is 7.97. The third kappa shape index (κ3) is 3.80. The van der Waals surface area contributed by atoms with Gasteiger partial charge < -0.3 is 14.3 Å². The van der Waals surface area contributed by atoms with Crippen molar-refractivity contribution in [1.82, 2.24) is 4.90 Å². The number of halogens is 1. The highest BCUT2D eigenvalue weighted by Crippen LogP contribution is 2.32. The molecule has 0 aliphatic carbocycles. The Morgan fingerprint density at radius 3 is 2.86 bits per heavy atom. The number of hydrogen-bond donors (Lipinski definition) is 1. The molecule has 2 aromatic carbocycles. The smallest absolute Gasteiger partial charge is 0.235 e. The van der Waals surface area contributed by atoms with Crippen molar-refractivity contribution in [3.05, 3.63) is 62.9 Å². The number of likely N-dealkylation sites (tertiary alicyclic amines) is 1. The van der Waals surface area contributed by atoms with Crippen molar-refractivity contribution in [2.75, 3.05) is 13.1 Å². The Morgan fingerprint density at radius 1 is 1.25 bits per heavy atom. The maximum absolute atomic E-state index is 13.0. The van der Waals surface area contributed by atoms with Crippen LogP contribution in [0, 0.1) is 5.92 Å². The highest BCUT2D eigenvalue weighted by Gasteiger charge is 2.21. The first-order chi connectivity index (χ1) is 13.5. The summed E-state index contributed by atoms with van der Waals surface area (Å²) in [5, 5.41) is 10.8. The third-order valence-electron chi connectivity index (χ3n) is 5.17. The number of benzene rings is 2. The van der Waals surface area contributed by atoms with Gasteiger partial charge in [-0.25, -0.2) is 0 Å². The van der Waals surface area contributed by atoms with Gasteiger partial charge in [-0.15, -0.1) is 0 Å². The molecule has 0 spiro atoms. The van der Waals surface area contributed by atoms with Crippen molar-refractivity contribution in [3.63, 3.8) is 0 Å². The molecule has 0 unspecified atom stereocenters. The number of fused-ring (bicyclic) bond motifs is 1. The van der Waals surface area contributed by atoms with E-state index in [0.717, 1.165) is 24.0 Å². The molecule has 1 fully saturated rings. The molecule has 3 aromatic rings. The van der Waals surface area contributed by atoms with Crippen LogP contribution in [-0.2, 0) is 6.54 Å². The minimum absolute atomic E-state index is 0.114. The lowest BCUT2D eigenvalue weighted by Gasteiger charge is -2.31. The number of phenolic OH excluding ortho intramolecular Hbond substituents is 1. The maximum Gasteiger partial charge on any atom is 0.235 e. The van der Waals surface area contributed by atoms with Crippen LogP contribution in [0.1, 0.15) is 25.3 Å². The van der Waals surface area contributed by atoms with Gasteiger partial charge in [0.1, 0.15) is 23.3 Å². The lowest BCUT2D eigenvalue weighted by molar-refractivity contribution is 0.175. The molecule has 0 bridgehead atoms. The molecule has 0 radical (unpaired) electrons. The van der Waals surface area contributed by atoms with Crippen molar-refractivity contribution in [1.29, 1.82) is 0 Å². The summed E-state index contributed by atoms with van der Waals surface area (Å²) in [6.07, 6.45) is 3.69. The van der Waals surface area contributed by atoms with Crippen molar-refractivity contribution in [2.45, 2.75) is 26.3 Å². The highest BCUT2D eigenvalue weighted by atomic mass is 79.9. The van der Waals surface area contributed by atoms with E-state index >= 15 is 0 Å². The Kier molecular flexibility index (Phi) is 5.42. The monoisotopic (exact) mass is 443 g/mol. The summed E-state index contributed by atoms with van der Waals surface area (Å²) in [6, 6.07) is 10.5. The van der Waals surface area contributed by atoms with E-state index in [1.54, 1.807) is 18.2 Å². The number of rotatable bonds is 4. The summed E-state index contributed by atoms with van der Waals surface area (Å²) in [4.78, 5) is 15.3. The number of hydrogen-bond acceptors (Lipinski definition) is 5. The Labute approximate surface area is 171 Å². The fourth-order valence-corrected chi connectivity index (χ4v) is 4.12. The minimum atomic E-state index is -0.259. The summed E-state index contributed by atoms with van der Waals surface area (Å²) < 4.78 is 12.3. The fraction of sp³-hybridized carbons (Fsp3) is 0.318. The average molecular weight is 444 g/mol. The van der Waals surface area contributed by atoms with Crippen molar-refractivity contribution in [3.8, 4) is 17.2 Å². The molecule has 1 saturated heterocycles. The summed E-state index contributed by atoms with van der Waals surface area (Å²) in [5.41, 5.74) is 0.809. The molecule has 2 heterocycles. The van der Waals surface area contributed by atoms with Crippen LogP contribution in [0.25, 0.3) is 11.0 Å². The summed E-state index contributed by atoms with van der Waals surface area (Å²) >= 11 is 3.41. The van der Waals surface area contributed by atoms with E-state index in [2.05, 4.69) is 27.8 Å². The molecule has 6 heteroatoms. The summed E-state index contributed by atoms with van der Waals surface area (Å²) in [6.45, 7) is 4.75. The van der Waals surface area contributed by atoms with E-state index in [9.17, 15) is 9.90 Å². The number of aromatic hydroxyl groups is 1. The van der Waals surface area contributed by atoms with Gasteiger partial charge in [0.15, 0.2) is 0 Å². The van der Waals surface area contributed by atoms with Crippen LogP contribution in [0.5, 0.6) is 17.2 Å². The Balaban J connectivity index is 1.70. The molecule has 28 heavy (non-hydrogen) atoms. The number of phenols is 1. The van der Waals surface area contributed by atoms with Gasteiger partial charge in [-0.3, -0.25) is 9.69 Å². The minimum Gasteiger partial charge on any atom is -0.507 e. The van der Waals surface area contributed by atoms with Crippen LogP contribution >= 0.6 is 15.9 Å². The van der Waals surface area contributed by atoms with E-state index in [4.69, 9.17) is 9.15 Å². The van der Waals surface area contributed by atoms with Gasteiger partial charge in [0.2, 0.25) is 11.2 Å². The van der Waals surface area contributed by atoms with Gasteiger partial charge in [0, 0.05) is 13.1 Å². The zero-order chi connectivity index (χ0) is 19.7. The van der Waals surface area contributed by atoms with E-state index in [0.29, 0.717) is 34.7 Å². The second-order valence-electron chi connectivity index (χ2n) is 7.38. The number of ether oxygens (including phenoxy) is 1. The summed E-state index contributed by atoms with van der Waals surface area (Å²) in [5.74, 6) is 1.42. The maximum atomic E-state index is 13.0. The molecule has 1 N–H and O–H groups in total. The Hall–Kier alpha value is -2.31. The number of nitrogens with zero attached hydrogens (tertiary/aromatic N) is 1. The van der Waals surface area contributed by atoms with Crippen LogP contribution in [0.2, 0.25) is 0 Å². The second-order valence-corrected chi connectivity index (χ2v) is 8.24. The van der Waals surface area contributed by atoms with Crippen LogP contribution in [0.3, 0.4) is 0 Å². The number of para-hydroxylation sites is 1. The highest BCUT2D eigenvalue weighted by molar-refractivity contribution is 9.10. The molecule has 4 rings (SSSR count). The molecule has 1 aromatic heterocycles. The van der Waals surface area contributed by atoms with Crippen LogP contribution in [0.4, 0.5) is 0 Å². The lowest BCUT2D eigenvalue weighted by Crippen LogP contribution is -2.33. The topological polar surface area (TPSA) is 62.9 Å². The van der Waals surface area contributed by atoms with E-state index in [1.165, 1.54) is 12.7 Å². The average Bonchev–Trinajstić information content (AvgIpc) is 2.68. The first-order valence-corrected chi connectivity index (χ1v) is 10.2. The molecule has 0 saturated carbocycles. The largest absolute Gasteiger partial charge is 0.507 e. The number of piperidine rings is 1. The van der Waals surface area contributed by atoms with E-state index in [-0.39, 0.29) is 16.9 Å². The molecular weight excluding hydrogens is 422 g/mol. The van der Waals surface area contributed by atoms with Gasteiger partial charge in [-0.1, -0.05) is 19.1 Å². The van der Waals surface area contributed by atoms with Crippen molar-refractivity contribution < 1.29 is 14.3 Å². The standard InChI is InChI=1S/C22H22BrNO4/c1-14-5-4-10-24(11-14)12-16-18(25)9-8-15-21(26)20(13-27-22(15)16)28-19-7-3-2-6-17(19)23/h2-3,6-9,13-14,25H,4-5,10-12H2,1H3/t14-/m0/s1. The van der Waals surface area contributed by atoms with Gasteiger partial charge in [-0.2, -0.15) is 0 Å². The van der Waals surface area contributed by atoms with Crippen LogP contribution in [0.15, 0.2) is 56.3 Å². The fourth-order valence-electron chi connectivity index (χ4n) is 3.75. The summed E-state index contributed by atoms with van der Waals surface area (Å²) in [7, 11) is 0. The van der Waals surface area contributed by atoms with Crippen molar-refractivity contribution in [2.24, 2.45) is 5.92 Å². The van der Waals surface area contributed by atoms with E-state index in [1.807, 2.05) is 18.2 Å². The zero-order valence-electron chi connectivity index (χ0n) is 15.7. The molecule has 1 atom stereocenters. The zero-order valence-corrected chi connectivity index (χ0v) is 17.2. The van der Waals surface area contributed by atoms with E-state index < -0.39 is 0 Å². The predicted octanol–water partition coefficient (Wildman–Crippen LogP) is 5.29. The normalized spacial score (nSPS) is 17.7. The lowest BCUT2D eigenvalue weighted by atomic mass is 9.99. The third-order valence-corrected chi connectivity index (χ3v) is 5.82. The van der Waals surface area contributed by atoms with Gasteiger partial charge in [0.25, 0.3) is 0 Å². The molecule has 5 nitrogen and oxygen atoms in total. The van der Waals surface area contributed by atoms with Crippen LogP contribution in [-0.4, -0.2) is 23.1 Å². The molecule has 0 amide bonds. The first-order valence-electron chi connectivity index (χ1n) is 9.44. The van der Waals surface area contributed by atoms with Gasteiger partial charge in [-0.05, 0) is 65.5 Å². The quantitative estimate of drug-likeness (QED) is 0.593. The first kappa shape index (κ1) is 19.0. The van der Waals surface area contributed by atoms with Crippen molar-refractivity contribution >= 4 is 26.9 Å². The predicted molar refractivity (Wildman–Crippen MR) is 112 cm³/mol. The van der Waals surface area contributed by atoms with Gasteiger partial charge in [0.05, 0.1) is 15.4 Å². The Bertz CT molecular complexity index is 1060. The van der Waals surface area contributed by atoms with Gasteiger partial charge >= 0.3 is 0 Å². The Morgan fingerprint density at radius 2 is 2.07 bits per heavy atom. The molecule has 1 aliphatic rings. The molecule has 1 aliphatic heterocycles. The van der Waals surface area contributed by atoms with Crippen LogP contribution < -0.4 is 10.2 Å². The molecule has 146 valence electrons. The molecular formula is C22H22BrNO4.